The summed E-state index contributed by atoms with van der Waals surface area (Å²) in [6.07, 6.45) is -0.447. The maximum absolute atomic E-state index is 13.3. The van der Waals surface area contributed by atoms with Crippen LogP contribution in [0.3, 0.4) is 0 Å². The van der Waals surface area contributed by atoms with Gasteiger partial charge in [0.05, 0.1) is 11.7 Å². The van der Waals surface area contributed by atoms with E-state index in [9.17, 15) is 18.0 Å². The molecule has 0 N–H and O–H groups in total. The van der Waals surface area contributed by atoms with Crippen LogP contribution in [0.4, 0.5) is 13.2 Å². The highest BCUT2D eigenvalue weighted by Gasteiger charge is 2.39. The maximum Gasteiger partial charge on any atom is 0.435 e. The fourth-order valence-electron chi connectivity index (χ4n) is 4.07. The fourth-order valence-corrected chi connectivity index (χ4v) is 4.07. The van der Waals surface area contributed by atoms with Crippen LogP contribution >= 0.6 is 0 Å². The molecule has 1 aromatic carbocycles. The van der Waals surface area contributed by atoms with Crippen molar-refractivity contribution in [2.45, 2.75) is 50.7 Å². The minimum atomic E-state index is -4.43. The van der Waals surface area contributed by atoms with E-state index in [4.69, 9.17) is 0 Å². The molecule has 4 nitrogen and oxygen atoms in total. The maximum atomic E-state index is 13.3. The summed E-state index contributed by atoms with van der Waals surface area (Å²) in [7, 11) is 1.79. The number of fused-ring (bicyclic) bond motifs is 1. The molecular weight excluding hydrogens is 343 g/mol. The Hall–Kier alpha value is -2.31. The highest BCUT2D eigenvalue weighted by atomic mass is 19.4. The zero-order valence-corrected chi connectivity index (χ0v) is 14.5. The number of halogens is 3. The zero-order valence-electron chi connectivity index (χ0n) is 14.5. The van der Waals surface area contributed by atoms with E-state index in [0.717, 1.165) is 24.8 Å². The minimum absolute atomic E-state index is 0.0359. The van der Waals surface area contributed by atoms with Crippen molar-refractivity contribution >= 4 is 5.91 Å². The lowest BCUT2D eigenvalue weighted by molar-refractivity contribution is -0.142. The quantitative estimate of drug-likeness (QED) is 0.807. The van der Waals surface area contributed by atoms with Gasteiger partial charge in [-0.15, -0.1) is 0 Å². The third-order valence-corrected chi connectivity index (χ3v) is 5.46. The molecule has 1 saturated heterocycles. The first kappa shape index (κ1) is 17.1. The lowest BCUT2D eigenvalue weighted by Crippen LogP contribution is -2.22. The molecule has 26 heavy (non-hydrogen) atoms. The van der Waals surface area contributed by atoms with Crippen LogP contribution in [-0.2, 0) is 23.8 Å². The van der Waals surface area contributed by atoms with Crippen LogP contribution in [0, 0.1) is 0 Å². The number of carbonyl (C=O) groups excluding carboxylic acids is 1. The number of nitrogens with zero attached hydrogens (tertiary/aromatic N) is 3. The van der Waals surface area contributed by atoms with Crippen LogP contribution in [0.15, 0.2) is 24.3 Å². The van der Waals surface area contributed by atoms with E-state index < -0.39 is 11.9 Å². The summed E-state index contributed by atoms with van der Waals surface area (Å²) in [5.74, 6) is 0.120. The Bertz CT molecular complexity index is 839. The molecule has 1 fully saturated rings. The molecule has 2 heterocycles. The molecule has 1 amide bonds. The lowest BCUT2D eigenvalue weighted by Gasteiger charge is -2.20. The number of likely N-dealkylation sites (tertiary alicyclic amines) is 1. The summed E-state index contributed by atoms with van der Waals surface area (Å²) in [5, 5.41) is 3.91. The van der Waals surface area contributed by atoms with Gasteiger partial charge in [0.15, 0.2) is 5.69 Å². The van der Waals surface area contributed by atoms with Gasteiger partial charge in [0, 0.05) is 24.7 Å². The average Bonchev–Trinajstić information content (AvgIpc) is 3.16. The molecule has 4 rings (SSSR count). The number of alkyl halides is 3. The molecule has 0 unspecified atom stereocenters. The van der Waals surface area contributed by atoms with E-state index >= 15 is 0 Å². The Labute approximate surface area is 149 Å². The third-order valence-electron chi connectivity index (χ3n) is 5.46. The fraction of sp³-hybridized carbons (Fsp3) is 0.474. The summed E-state index contributed by atoms with van der Waals surface area (Å²) in [6, 6.07) is 7.41. The molecule has 0 radical (unpaired) electrons. The van der Waals surface area contributed by atoms with Gasteiger partial charge >= 0.3 is 6.18 Å². The molecule has 2 aliphatic rings. The number of benzene rings is 1. The van der Waals surface area contributed by atoms with Gasteiger partial charge in [0.25, 0.3) is 0 Å². The Kier molecular flexibility index (Phi) is 4.04. The molecule has 1 aromatic heterocycles. The van der Waals surface area contributed by atoms with Gasteiger partial charge in [-0.05, 0) is 49.8 Å². The topological polar surface area (TPSA) is 38.1 Å². The highest BCUT2D eigenvalue weighted by molar-refractivity contribution is 5.78. The van der Waals surface area contributed by atoms with Crippen molar-refractivity contribution in [3.05, 3.63) is 46.8 Å². The number of amides is 1. The van der Waals surface area contributed by atoms with Crippen molar-refractivity contribution in [2.24, 2.45) is 0 Å². The summed E-state index contributed by atoms with van der Waals surface area (Å²) in [5.41, 5.74) is 1.89. The predicted octanol–water partition coefficient (Wildman–Crippen LogP) is 4.06. The van der Waals surface area contributed by atoms with Crippen molar-refractivity contribution in [3.8, 4) is 5.69 Å². The normalized spacial score (nSPS) is 20.5. The second-order valence-corrected chi connectivity index (χ2v) is 7.04. The number of aromatic nitrogens is 2. The smallest absolute Gasteiger partial charge is 0.339 e. The monoisotopic (exact) mass is 363 g/mol. The van der Waals surface area contributed by atoms with Gasteiger partial charge in [-0.1, -0.05) is 12.1 Å². The SMILES string of the molecule is CN1C(=O)CC[C@H]1c1ccc(-n2nc(C(F)(F)F)c3c2CCCC3)cc1. The van der Waals surface area contributed by atoms with Crippen molar-refractivity contribution in [3.63, 3.8) is 0 Å². The van der Waals surface area contributed by atoms with Crippen LogP contribution < -0.4 is 0 Å². The van der Waals surface area contributed by atoms with E-state index in [1.165, 1.54) is 4.68 Å². The summed E-state index contributed by atoms with van der Waals surface area (Å²) < 4.78 is 41.5. The van der Waals surface area contributed by atoms with E-state index in [1.54, 1.807) is 24.1 Å². The second kappa shape index (κ2) is 6.14. The average molecular weight is 363 g/mol. The Balaban J connectivity index is 1.70. The molecule has 0 bridgehead atoms. The van der Waals surface area contributed by atoms with Crippen LogP contribution in [0.25, 0.3) is 5.69 Å². The number of hydrogen-bond acceptors (Lipinski definition) is 2. The van der Waals surface area contributed by atoms with Crippen LogP contribution in [-0.4, -0.2) is 27.6 Å². The molecule has 138 valence electrons. The van der Waals surface area contributed by atoms with Crippen molar-refractivity contribution in [2.75, 3.05) is 7.05 Å². The van der Waals surface area contributed by atoms with E-state index in [1.807, 2.05) is 12.1 Å². The molecule has 2 aromatic rings. The molecule has 7 heteroatoms. The first-order valence-electron chi connectivity index (χ1n) is 8.90. The highest BCUT2D eigenvalue weighted by Crippen LogP contribution is 2.37. The molecular formula is C19H20F3N3O. The molecule has 1 atom stereocenters. The van der Waals surface area contributed by atoms with E-state index in [0.29, 0.717) is 36.2 Å². The van der Waals surface area contributed by atoms with Gasteiger partial charge in [0.1, 0.15) is 0 Å². The summed E-state index contributed by atoms with van der Waals surface area (Å²) in [6.45, 7) is 0. The summed E-state index contributed by atoms with van der Waals surface area (Å²) >= 11 is 0. The molecule has 0 saturated carbocycles. The van der Waals surface area contributed by atoms with Crippen LogP contribution in [0.2, 0.25) is 0 Å². The number of carbonyl (C=O) groups is 1. The first-order valence-corrected chi connectivity index (χ1v) is 8.90. The van der Waals surface area contributed by atoms with Gasteiger partial charge in [-0.2, -0.15) is 18.3 Å². The standard InChI is InChI=1S/C19H20F3N3O/c1-24-15(10-11-17(24)26)12-6-8-13(9-7-12)25-16-5-3-2-4-14(16)18(23-25)19(20,21)22/h6-9,15H,2-5,10-11H2,1H3/t15-/m0/s1. The summed E-state index contributed by atoms with van der Waals surface area (Å²) in [4.78, 5) is 13.4. The van der Waals surface area contributed by atoms with Gasteiger partial charge < -0.3 is 4.90 Å². The first-order chi connectivity index (χ1) is 12.4. The minimum Gasteiger partial charge on any atom is -0.339 e. The van der Waals surface area contributed by atoms with Gasteiger partial charge in [-0.25, -0.2) is 4.68 Å². The molecule has 0 spiro atoms. The molecule has 1 aliphatic heterocycles. The third kappa shape index (κ3) is 2.79. The van der Waals surface area contributed by atoms with Gasteiger partial charge in [-0.3, -0.25) is 4.79 Å². The molecule has 1 aliphatic carbocycles. The van der Waals surface area contributed by atoms with Crippen molar-refractivity contribution < 1.29 is 18.0 Å². The predicted molar refractivity (Wildman–Crippen MR) is 90.0 cm³/mol. The number of hydrogen-bond donors (Lipinski definition) is 0. The number of rotatable bonds is 2. The Morgan fingerprint density at radius 2 is 1.77 bits per heavy atom. The Morgan fingerprint density at radius 3 is 2.38 bits per heavy atom. The lowest BCUT2D eigenvalue weighted by atomic mass is 9.95. The van der Waals surface area contributed by atoms with E-state index in [2.05, 4.69) is 5.10 Å². The van der Waals surface area contributed by atoms with Crippen molar-refractivity contribution in [1.29, 1.82) is 0 Å². The zero-order chi connectivity index (χ0) is 18.5. The van der Waals surface area contributed by atoms with Crippen LogP contribution in [0.1, 0.15) is 54.2 Å². The van der Waals surface area contributed by atoms with Gasteiger partial charge in [0.2, 0.25) is 5.91 Å². The van der Waals surface area contributed by atoms with Crippen molar-refractivity contribution in [1.82, 2.24) is 14.7 Å². The Morgan fingerprint density at radius 1 is 1.08 bits per heavy atom. The largest absolute Gasteiger partial charge is 0.435 e. The van der Waals surface area contributed by atoms with Crippen LogP contribution in [0.5, 0.6) is 0 Å². The van der Waals surface area contributed by atoms with E-state index in [-0.39, 0.29) is 11.9 Å². The second-order valence-electron chi connectivity index (χ2n) is 7.04.